The van der Waals surface area contributed by atoms with Crippen LogP contribution in [0.5, 0.6) is 0 Å². The first-order chi connectivity index (χ1) is 15.8. The molecule has 33 heavy (non-hydrogen) atoms. The van der Waals surface area contributed by atoms with E-state index in [2.05, 4.69) is 9.88 Å². The van der Waals surface area contributed by atoms with E-state index in [0.29, 0.717) is 43.0 Å². The summed E-state index contributed by atoms with van der Waals surface area (Å²) in [6.45, 7) is 1.72. The number of nitrogens with zero attached hydrogens (tertiary/aromatic N) is 4. The van der Waals surface area contributed by atoms with Gasteiger partial charge in [-0.15, -0.1) is 0 Å². The Balaban J connectivity index is 1.48. The largest absolute Gasteiger partial charge is 0.416 e. The van der Waals surface area contributed by atoms with E-state index in [1.54, 1.807) is 18.5 Å². The van der Waals surface area contributed by atoms with Gasteiger partial charge in [-0.2, -0.15) is 13.2 Å². The van der Waals surface area contributed by atoms with Crippen molar-refractivity contribution in [1.29, 1.82) is 0 Å². The van der Waals surface area contributed by atoms with E-state index in [1.807, 2.05) is 10.5 Å². The highest BCUT2D eigenvalue weighted by Crippen LogP contribution is 2.29. The van der Waals surface area contributed by atoms with Crippen molar-refractivity contribution in [3.8, 4) is 0 Å². The molecule has 4 aromatic rings. The molecular weight excluding hydrogens is 436 g/mol. The molecule has 5 nitrogen and oxygen atoms in total. The predicted molar refractivity (Wildman–Crippen MR) is 114 cm³/mol. The standard InChI is InChI=1S/C24H20F4N4O/c25-19-3-1-2-17(12-19)13-30-10-8-21-20(15-30)22(33)32(23-29-9-11-31(21)23)14-16-4-6-18(7-5-16)24(26,27)28/h1-7,9,11-12H,8,10,13-15H2. The zero-order valence-electron chi connectivity index (χ0n) is 17.5. The second-order valence-corrected chi connectivity index (χ2v) is 8.20. The molecule has 2 aromatic carbocycles. The smallest absolute Gasteiger partial charge is 0.294 e. The number of halogens is 4. The van der Waals surface area contributed by atoms with Crippen LogP contribution in [0.1, 0.15) is 27.9 Å². The van der Waals surface area contributed by atoms with Crippen LogP contribution in [0.2, 0.25) is 0 Å². The van der Waals surface area contributed by atoms with Gasteiger partial charge in [-0.1, -0.05) is 24.3 Å². The van der Waals surface area contributed by atoms with E-state index in [9.17, 15) is 22.4 Å². The van der Waals surface area contributed by atoms with Crippen molar-refractivity contribution in [3.05, 3.63) is 105 Å². The number of fused-ring (bicyclic) bond motifs is 3. The third-order valence-electron chi connectivity index (χ3n) is 5.97. The number of aromatic nitrogens is 3. The number of rotatable bonds is 4. The van der Waals surface area contributed by atoms with Crippen LogP contribution in [0.3, 0.4) is 0 Å². The van der Waals surface area contributed by atoms with Crippen LogP contribution in [0, 0.1) is 5.82 Å². The molecule has 0 aliphatic carbocycles. The minimum Gasteiger partial charge on any atom is -0.294 e. The molecule has 0 bridgehead atoms. The molecule has 1 aliphatic heterocycles. The van der Waals surface area contributed by atoms with Crippen molar-refractivity contribution in [2.45, 2.75) is 32.2 Å². The third-order valence-corrected chi connectivity index (χ3v) is 5.97. The van der Waals surface area contributed by atoms with Crippen molar-refractivity contribution in [3.63, 3.8) is 0 Å². The van der Waals surface area contributed by atoms with Gasteiger partial charge in [0.05, 0.1) is 17.7 Å². The zero-order chi connectivity index (χ0) is 23.2. The molecule has 0 N–H and O–H groups in total. The van der Waals surface area contributed by atoms with Crippen LogP contribution < -0.4 is 5.56 Å². The van der Waals surface area contributed by atoms with Gasteiger partial charge in [0.2, 0.25) is 5.78 Å². The molecule has 0 radical (unpaired) electrons. The van der Waals surface area contributed by atoms with Gasteiger partial charge in [-0.3, -0.25) is 18.7 Å². The second-order valence-electron chi connectivity index (χ2n) is 8.20. The number of alkyl halides is 3. The maximum Gasteiger partial charge on any atom is 0.416 e. The minimum atomic E-state index is -4.41. The number of hydrogen-bond donors (Lipinski definition) is 0. The summed E-state index contributed by atoms with van der Waals surface area (Å²) in [6.07, 6.45) is -0.382. The Hall–Kier alpha value is -3.46. The number of hydrogen-bond acceptors (Lipinski definition) is 3. The highest BCUT2D eigenvalue weighted by atomic mass is 19.4. The Bertz CT molecular complexity index is 1370. The molecule has 3 heterocycles. The molecule has 0 atom stereocenters. The van der Waals surface area contributed by atoms with Crippen LogP contribution in [0.4, 0.5) is 17.6 Å². The first-order valence-electron chi connectivity index (χ1n) is 10.5. The van der Waals surface area contributed by atoms with E-state index in [1.165, 1.54) is 28.8 Å². The van der Waals surface area contributed by atoms with Gasteiger partial charge >= 0.3 is 6.18 Å². The van der Waals surface area contributed by atoms with Gasteiger partial charge in [0.15, 0.2) is 0 Å². The fourth-order valence-corrected chi connectivity index (χ4v) is 4.38. The van der Waals surface area contributed by atoms with Gasteiger partial charge in [-0.25, -0.2) is 9.37 Å². The van der Waals surface area contributed by atoms with Gasteiger partial charge in [-0.05, 0) is 35.4 Å². The molecule has 0 unspecified atom stereocenters. The van der Waals surface area contributed by atoms with Crippen molar-refractivity contribution in [2.75, 3.05) is 6.54 Å². The van der Waals surface area contributed by atoms with E-state index in [4.69, 9.17) is 0 Å². The Morgan fingerprint density at radius 3 is 2.52 bits per heavy atom. The molecular formula is C24H20F4N4O. The van der Waals surface area contributed by atoms with Crippen molar-refractivity contribution in [2.24, 2.45) is 0 Å². The SMILES string of the molecule is O=c1c2c(n3ccnc3n1Cc1ccc(C(F)(F)F)cc1)CCN(Cc1cccc(F)c1)C2. The Morgan fingerprint density at radius 1 is 1.00 bits per heavy atom. The number of benzene rings is 2. The van der Waals surface area contributed by atoms with Gasteiger partial charge < -0.3 is 0 Å². The normalized spacial score (nSPS) is 14.5. The Kier molecular flexibility index (Phi) is 5.28. The van der Waals surface area contributed by atoms with Crippen molar-refractivity contribution < 1.29 is 17.6 Å². The van der Waals surface area contributed by atoms with Crippen LogP contribution >= 0.6 is 0 Å². The molecule has 0 amide bonds. The van der Waals surface area contributed by atoms with E-state index < -0.39 is 11.7 Å². The molecule has 170 valence electrons. The van der Waals surface area contributed by atoms with Crippen molar-refractivity contribution >= 4 is 5.78 Å². The lowest BCUT2D eigenvalue weighted by Crippen LogP contribution is -2.38. The van der Waals surface area contributed by atoms with Crippen LogP contribution in [-0.4, -0.2) is 25.4 Å². The van der Waals surface area contributed by atoms with Crippen LogP contribution in [-0.2, 0) is 32.2 Å². The van der Waals surface area contributed by atoms with E-state index in [-0.39, 0.29) is 17.9 Å². The lowest BCUT2D eigenvalue weighted by Gasteiger charge is -2.29. The summed E-state index contributed by atoms with van der Waals surface area (Å²) in [7, 11) is 0. The van der Waals surface area contributed by atoms with E-state index >= 15 is 0 Å². The van der Waals surface area contributed by atoms with Gasteiger partial charge in [0.25, 0.3) is 5.56 Å². The molecule has 0 saturated carbocycles. The van der Waals surface area contributed by atoms with Gasteiger partial charge in [0.1, 0.15) is 5.82 Å². The zero-order valence-corrected chi connectivity index (χ0v) is 17.5. The predicted octanol–water partition coefficient (Wildman–Crippen LogP) is 4.26. The summed E-state index contributed by atoms with van der Waals surface area (Å²) >= 11 is 0. The Labute approximate surface area is 186 Å². The first kappa shape index (κ1) is 21.4. The average molecular weight is 456 g/mol. The maximum absolute atomic E-state index is 13.6. The highest BCUT2D eigenvalue weighted by Gasteiger charge is 2.30. The minimum absolute atomic E-state index is 0.106. The maximum atomic E-state index is 13.6. The lowest BCUT2D eigenvalue weighted by atomic mass is 10.1. The summed E-state index contributed by atoms with van der Waals surface area (Å²) in [4.78, 5) is 19.9. The summed E-state index contributed by atoms with van der Waals surface area (Å²) in [5.74, 6) is 0.154. The number of imidazole rings is 1. The molecule has 5 rings (SSSR count). The summed E-state index contributed by atoms with van der Waals surface area (Å²) in [5.41, 5.74) is 1.95. The summed E-state index contributed by atoms with van der Waals surface area (Å²) in [5, 5.41) is 0. The molecule has 0 saturated heterocycles. The summed E-state index contributed by atoms with van der Waals surface area (Å²) in [6, 6.07) is 11.2. The first-order valence-corrected chi connectivity index (χ1v) is 10.5. The molecule has 0 fully saturated rings. The Morgan fingerprint density at radius 2 is 1.79 bits per heavy atom. The second kappa shape index (κ2) is 8.15. The molecule has 1 aliphatic rings. The highest BCUT2D eigenvalue weighted by molar-refractivity contribution is 5.39. The molecule has 9 heteroatoms. The topological polar surface area (TPSA) is 42.5 Å². The van der Waals surface area contributed by atoms with Crippen molar-refractivity contribution in [1.82, 2.24) is 18.9 Å². The average Bonchev–Trinajstić information content (AvgIpc) is 3.26. The third kappa shape index (κ3) is 4.16. The molecule has 0 spiro atoms. The summed E-state index contributed by atoms with van der Waals surface area (Å²) < 4.78 is 55.6. The molecule has 2 aromatic heterocycles. The van der Waals surface area contributed by atoms with Crippen LogP contribution in [0.25, 0.3) is 5.78 Å². The fourth-order valence-electron chi connectivity index (χ4n) is 4.38. The van der Waals surface area contributed by atoms with E-state index in [0.717, 1.165) is 23.4 Å². The fraction of sp³-hybridized carbons (Fsp3) is 0.250. The monoisotopic (exact) mass is 456 g/mol. The van der Waals surface area contributed by atoms with Gasteiger partial charge in [0, 0.05) is 44.1 Å². The lowest BCUT2D eigenvalue weighted by molar-refractivity contribution is -0.137. The quantitative estimate of drug-likeness (QED) is 0.431. The van der Waals surface area contributed by atoms with Crippen LogP contribution in [0.15, 0.2) is 65.7 Å².